The first-order valence-electron chi connectivity index (χ1n) is 11.2. The molecule has 0 bridgehead atoms. The summed E-state index contributed by atoms with van der Waals surface area (Å²) in [6, 6.07) is 9.97. The van der Waals surface area contributed by atoms with Crippen molar-refractivity contribution in [2.45, 2.75) is 25.2 Å². The van der Waals surface area contributed by atoms with Gasteiger partial charge in [0.2, 0.25) is 0 Å². The molecule has 1 saturated heterocycles. The maximum absolute atomic E-state index is 13.3. The second-order valence-corrected chi connectivity index (χ2v) is 8.43. The number of alkyl halides is 3. The molecule has 1 amide bonds. The van der Waals surface area contributed by atoms with Crippen LogP contribution in [-0.4, -0.2) is 45.3 Å². The third kappa shape index (κ3) is 4.93. The summed E-state index contributed by atoms with van der Waals surface area (Å²) in [5.74, 6) is -0.138. The van der Waals surface area contributed by atoms with Crippen LogP contribution in [0.1, 0.15) is 27.9 Å². The lowest BCUT2D eigenvalue weighted by molar-refractivity contribution is -0.137. The highest BCUT2D eigenvalue weighted by Gasteiger charge is 2.33. The molecule has 1 aliphatic heterocycles. The Labute approximate surface area is 203 Å². The van der Waals surface area contributed by atoms with Gasteiger partial charge in [-0.25, -0.2) is 9.97 Å². The van der Waals surface area contributed by atoms with Crippen molar-refractivity contribution in [3.05, 3.63) is 65.5 Å². The monoisotopic (exact) mass is 497 g/mol. The lowest BCUT2D eigenvalue weighted by Gasteiger charge is -2.16. The first-order chi connectivity index (χ1) is 17.3. The number of pyridine rings is 2. The van der Waals surface area contributed by atoms with Crippen molar-refractivity contribution in [3.63, 3.8) is 0 Å². The van der Waals surface area contributed by atoms with Crippen LogP contribution >= 0.6 is 0 Å². The molecule has 5 rings (SSSR count). The summed E-state index contributed by atoms with van der Waals surface area (Å²) < 4.78 is 45.0. The quantitative estimate of drug-likeness (QED) is 0.319. The number of nitrogens with zero attached hydrogens (tertiary/aromatic N) is 3. The fraction of sp³-hybridized carbons (Fsp3) is 0.250. The fourth-order valence-electron chi connectivity index (χ4n) is 3.92. The topological polar surface area (TPSA) is 131 Å². The molecule has 36 heavy (non-hydrogen) atoms. The fourth-order valence-corrected chi connectivity index (χ4v) is 3.92. The maximum atomic E-state index is 13.3. The highest BCUT2D eigenvalue weighted by atomic mass is 19.4. The predicted octanol–water partition coefficient (Wildman–Crippen LogP) is 3.75. The SMILES string of the molecule is Nc1[nH]nc2ncc(-c3ccc(CNc4ncc(C(F)(F)F)cc4C(=O)NC4CCOC4)cc3)cc12. The molecule has 1 aliphatic rings. The number of halogens is 3. The number of H-pyrrole nitrogens is 1. The molecule has 12 heteroatoms. The minimum Gasteiger partial charge on any atom is -0.384 e. The largest absolute Gasteiger partial charge is 0.417 e. The number of hydrogen-bond donors (Lipinski definition) is 4. The van der Waals surface area contributed by atoms with Gasteiger partial charge in [0.1, 0.15) is 11.6 Å². The number of benzene rings is 1. The molecule has 1 fully saturated rings. The van der Waals surface area contributed by atoms with E-state index >= 15 is 0 Å². The molecule has 1 aromatic carbocycles. The average molecular weight is 497 g/mol. The highest BCUT2D eigenvalue weighted by molar-refractivity contribution is 5.99. The minimum absolute atomic E-state index is 0.0635. The smallest absolute Gasteiger partial charge is 0.384 e. The summed E-state index contributed by atoms with van der Waals surface area (Å²) in [6.07, 6.45) is -1.61. The van der Waals surface area contributed by atoms with Crippen molar-refractivity contribution < 1.29 is 22.7 Å². The Balaban J connectivity index is 1.33. The zero-order chi connectivity index (χ0) is 25.3. The van der Waals surface area contributed by atoms with Crippen molar-refractivity contribution >= 4 is 28.6 Å². The molecule has 4 aromatic rings. The summed E-state index contributed by atoms with van der Waals surface area (Å²) in [5.41, 5.74) is 7.85. The van der Waals surface area contributed by atoms with Crippen molar-refractivity contribution in [2.75, 3.05) is 24.3 Å². The molecule has 4 heterocycles. The highest BCUT2D eigenvalue weighted by Crippen LogP contribution is 2.31. The van der Waals surface area contributed by atoms with E-state index < -0.39 is 17.6 Å². The van der Waals surface area contributed by atoms with E-state index in [4.69, 9.17) is 10.5 Å². The Hall–Kier alpha value is -4.19. The molecule has 186 valence electrons. The van der Waals surface area contributed by atoms with Crippen molar-refractivity contribution in [1.82, 2.24) is 25.5 Å². The summed E-state index contributed by atoms with van der Waals surface area (Å²) >= 11 is 0. The summed E-state index contributed by atoms with van der Waals surface area (Å²) in [6.45, 7) is 1.06. The number of nitrogen functional groups attached to an aromatic ring is 1. The van der Waals surface area contributed by atoms with Gasteiger partial charge in [-0.15, -0.1) is 0 Å². The third-order valence-corrected chi connectivity index (χ3v) is 5.91. The van der Waals surface area contributed by atoms with Crippen LogP contribution in [0, 0.1) is 0 Å². The standard InChI is InChI=1S/C24H22F3N7O2/c25-24(26,27)16-8-19(23(35)32-17-5-6-36-12-17)21(31-11-16)29-9-13-1-3-14(4-2-13)15-7-18-20(28)33-34-22(18)30-10-15/h1-4,7-8,10-11,17H,5-6,9,12H2,(H,29,31)(H,32,35)(H3,28,30,33,34). The molecule has 0 radical (unpaired) electrons. The van der Waals surface area contributed by atoms with Gasteiger partial charge in [-0.05, 0) is 29.7 Å². The number of hydrogen-bond acceptors (Lipinski definition) is 7. The van der Waals surface area contributed by atoms with Crippen molar-refractivity contribution in [3.8, 4) is 11.1 Å². The van der Waals surface area contributed by atoms with Gasteiger partial charge >= 0.3 is 6.18 Å². The Bertz CT molecular complexity index is 1400. The molecular weight excluding hydrogens is 475 g/mol. The Morgan fingerprint density at radius 1 is 1.14 bits per heavy atom. The number of nitrogens with two attached hydrogens (primary N) is 1. The van der Waals surface area contributed by atoms with Gasteiger partial charge in [0, 0.05) is 31.1 Å². The van der Waals surface area contributed by atoms with Gasteiger partial charge in [-0.3, -0.25) is 9.89 Å². The molecule has 5 N–H and O–H groups in total. The van der Waals surface area contributed by atoms with Crippen LogP contribution < -0.4 is 16.4 Å². The zero-order valence-electron chi connectivity index (χ0n) is 18.9. The second-order valence-electron chi connectivity index (χ2n) is 8.43. The number of rotatable bonds is 6. The van der Waals surface area contributed by atoms with E-state index in [0.29, 0.717) is 37.3 Å². The molecule has 0 saturated carbocycles. The van der Waals surface area contributed by atoms with E-state index in [9.17, 15) is 18.0 Å². The third-order valence-electron chi connectivity index (χ3n) is 5.91. The number of aromatic nitrogens is 4. The number of carbonyl (C=O) groups is 1. The number of carbonyl (C=O) groups excluding carboxylic acids is 1. The van der Waals surface area contributed by atoms with E-state index in [1.54, 1.807) is 6.20 Å². The van der Waals surface area contributed by atoms with E-state index in [1.807, 2.05) is 30.3 Å². The minimum atomic E-state index is -4.62. The Morgan fingerprint density at radius 2 is 1.94 bits per heavy atom. The number of nitrogens with one attached hydrogen (secondary N) is 3. The van der Waals surface area contributed by atoms with Crippen molar-refractivity contribution in [2.24, 2.45) is 0 Å². The van der Waals surface area contributed by atoms with Crippen LogP contribution in [0.4, 0.5) is 24.8 Å². The summed E-state index contributed by atoms with van der Waals surface area (Å²) in [7, 11) is 0. The van der Waals surface area contributed by atoms with Gasteiger partial charge in [0.25, 0.3) is 5.91 Å². The van der Waals surface area contributed by atoms with Crippen LogP contribution in [-0.2, 0) is 17.5 Å². The normalized spacial score (nSPS) is 15.8. The Morgan fingerprint density at radius 3 is 2.67 bits per heavy atom. The van der Waals surface area contributed by atoms with Gasteiger partial charge < -0.3 is 21.1 Å². The summed E-state index contributed by atoms with van der Waals surface area (Å²) in [5, 5.41) is 13.1. The van der Waals surface area contributed by atoms with E-state index in [2.05, 4.69) is 30.8 Å². The van der Waals surface area contributed by atoms with Gasteiger partial charge in [-0.1, -0.05) is 24.3 Å². The second kappa shape index (κ2) is 9.46. The molecule has 9 nitrogen and oxygen atoms in total. The molecule has 1 unspecified atom stereocenters. The lowest BCUT2D eigenvalue weighted by atomic mass is 10.0. The number of fused-ring (bicyclic) bond motifs is 1. The number of amides is 1. The van der Waals surface area contributed by atoms with Gasteiger partial charge in [-0.2, -0.15) is 18.3 Å². The lowest BCUT2D eigenvalue weighted by Crippen LogP contribution is -2.35. The van der Waals surface area contributed by atoms with Crippen LogP contribution in [0.2, 0.25) is 0 Å². The van der Waals surface area contributed by atoms with Crippen LogP contribution in [0.5, 0.6) is 0 Å². The van der Waals surface area contributed by atoms with Gasteiger partial charge in [0.15, 0.2) is 5.65 Å². The van der Waals surface area contributed by atoms with E-state index in [-0.39, 0.29) is 24.0 Å². The number of anilines is 2. The van der Waals surface area contributed by atoms with E-state index in [1.165, 1.54) is 0 Å². The van der Waals surface area contributed by atoms with Gasteiger partial charge in [0.05, 0.1) is 29.2 Å². The van der Waals surface area contributed by atoms with Crippen LogP contribution in [0.3, 0.4) is 0 Å². The number of ether oxygens (including phenoxy) is 1. The molecular formula is C24H22F3N7O2. The van der Waals surface area contributed by atoms with Crippen LogP contribution in [0.25, 0.3) is 22.2 Å². The molecule has 0 aliphatic carbocycles. The Kier molecular flexibility index (Phi) is 6.18. The van der Waals surface area contributed by atoms with Crippen LogP contribution in [0.15, 0.2) is 48.8 Å². The average Bonchev–Trinajstić information content (AvgIpc) is 3.52. The van der Waals surface area contributed by atoms with E-state index in [0.717, 1.165) is 28.1 Å². The molecule has 1 atom stereocenters. The molecule has 0 spiro atoms. The van der Waals surface area contributed by atoms with Crippen molar-refractivity contribution in [1.29, 1.82) is 0 Å². The maximum Gasteiger partial charge on any atom is 0.417 e. The first-order valence-corrected chi connectivity index (χ1v) is 11.2. The zero-order valence-corrected chi connectivity index (χ0v) is 18.9. The predicted molar refractivity (Wildman–Crippen MR) is 127 cm³/mol. The number of aromatic amines is 1. The molecule has 3 aromatic heterocycles. The first kappa shape index (κ1) is 23.5. The summed E-state index contributed by atoms with van der Waals surface area (Å²) in [4.78, 5) is 21.0.